The molecule has 2 aromatic rings. The number of ether oxygens (including phenoxy) is 1. The van der Waals surface area contributed by atoms with E-state index in [1.54, 1.807) is 0 Å². The van der Waals surface area contributed by atoms with Gasteiger partial charge in [-0.2, -0.15) is 0 Å². The number of hydrogen-bond acceptors (Lipinski definition) is 3. The monoisotopic (exact) mass is 352 g/mol. The Hall–Kier alpha value is -2.49. The Kier molecular flexibility index (Phi) is 5.82. The van der Waals surface area contributed by atoms with Gasteiger partial charge in [0.15, 0.2) is 0 Å². The summed E-state index contributed by atoms with van der Waals surface area (Å²) in [6.07, 6.45) is 1.61. The molecule has 0 bridgehead atoms. The highest BCUT2D eigenvalue weighted by Crippen LogP contribution is 2.30. The van der Waals surface area contributed by atoms with Crippen LogP contribution in [0.3, 0.4) is 0 Å². The van der Waals surface area contributed by atoms with Gasteiger partial charge < -0.3 is 15.0 Å². The van der Waals surface area contributed by atoms with Gasteiger partial charge in [-0.15, -0.1) is 0 Å². The standard InChI is InChI=1S/C22H28N2O2/c1-4-16(2)18-9-11-19(12-10-18)26-14-13-24-21-8-6-5-7-20(21)23-17(3)15-22(24)25/h5-12,16-17,23H,4,13-15H2,1-3H3/t16-,17-/m0/s1. The first-order chi connectivity index (χ1) is 12.6. The lowest BCUT2D eigenvalue weighted by Crippen LogP contribution is -2.35. The third-order valence-corrected chi connectivity index (χ3v) is 5.02. The van der Waals surface area contributed by atoms with Crippen LogP contribution in [0.4, 0.5) is 11.4 Å². The smallest absolute Gasteiger partial charge is 0.229 e. The van der Waals surface area contributed by atoms with Crippen LogP contribution in [-0.4, -0.2) is 25.1 Å². The molecule has 2 atom stereocenters. The maximum absolute atomic E-state index is 12.6. The van der Waals surface area contributed by atoms with Gasteiger partial charge in [0.1, 0.15) is 12.4 Å². The van der Waals surface area contributed by atoms with Crippen molar-refractivity contribution in [3.8, 4) is 5.75 Å². The second kappa shape index (κ2) is 8.26. The summed E-state index contributed by atoms with van der Waals surface area (Å²) in [5, 5.41) is 3.41. The quantitative estimate of drug-likeness (QED) is 0.811. The maximum Gasteiger partial charge on any atom is 0.229 e. The molecular weight excluding hydrogens is 324 g/mol. The van der Waals surface area contributed by atoms with Crippen LogP contribution in [0.2, 0.25) is 0 Å². The number of fused-ring (bicyclic) bond motifs is 1. The predicted octanol–water partition coefficient (Wildman–Crippen LogP) is 4.82. The summed E-state index contributed by atoms with van der Waals surface area (Å²) in [7, 11) is 0. The van der Waals surface area contributed by atoms with Gasteiger partial charge in [-0.05, 0) is 49.1 Å². The molecule has 1 aliphatic heterocycles. The van der Waals surface area contributed by atoms with Gasteiger partial charge in [0.2, 0.25) is 5.91 Å². The summed E-state index contributed by atoms with van der Waals surface area (Å²) >= 11 is 0. The van der Waals surface area contributed by atoms with E-state index in [2.05, 4.69) is 31.3 Å². The molecule has 0 radical (unpaired) electrons. The molecule has 0 fully saturated rings. The fourth-order valence-electron chi connectivity index (χ4n) is 3.28. The molecule has 0 spiro atoms. The van der Waals surface area contributed by atoms with Gasteiger partial charge in [0.25, 0.3) is 0 Å². The van der Waals surface area contributed by atoms with Gasteiger partial charge in [0, 0.05) is 12.5 Å². The minimum atomic E-state index is 0.127. The first kappa shape index (κ1) is 18.3. The van der Waals surface area contributed by atoms with Crippen LogP contribution in [0.25, 0.3) is 0 Å². The maximum atomic E-state index is 12.6. The molecule has 138 valence electrons. The van der Waals surface area contributed by atoms with Crippen LogP contribution in [0.1, 0.15) is 45.1 Å². The fraction of sp³-hybridized carbons (Fsp3) is 0.409. The molecule has 1 heterocycles. The minimum absolute atomic E-state index is 0.127. The number of nitrogens with one attached hydrogen (secondary N) is 1. The molecule has 0 aliphatic carbocycles. The van der Waals surface area contributed by atoms with Crippen molar-refractivity contribution in [3.05, 3.63) is 54.1 Å². The largest absolute Gasteiger partial charge is 0.492 e. The third kappa shape index (κ3) is 4.18. The summed E-state index contributed by atoms with van der Waals surface area (Å²) < 4.78 is 5.89. The molecule has 4 nitrogen and oxygen atoms in total. The molecule has 2 aromatic carbocycles. The molecule has 0 unspecified atom stereocenters. The highest BCUT2D eigenvalue weighted by Gasteiger charge is 2.24. The molecule has 1 aliphatic rings. The van der Waals surface area contributed by atoms with Crippen LogP contribution in [0.5, 0.6) is 5.75 Å². The Morgan fingerprint density at radius 2 is 1.92 bits per heavy atom. The highest BCUT2D eigenvalue weighted by molar-refractivity contribution is 5.98. The predicted molar refractivity (Wildman–Crippen MR) is 107 cm³/mol. The fourth-order valence-corrected chi connectivity index (χ4v) is 3.28. The Morgan fingerprint density at radius 1 is 1.19 bits per heavy atom. The van der Waals surface area contributed by atoms with E-state index in [0.717, 1.165) is 23.5 Å². The second-order valence-electron chi connectivity index (χ2n) is 7.04. The molecule has 1 N–H and O–H groups in total. The lowest BCUT2D eigenvalue weighted by molar-refractivity contribution is -0.118. The normalized spacial score (nSPS) is 17.9. The van der Waals surface area contributed by atoms with Crippen LogP contribution < -0.4 is 15.0 Å². The van der Waals surface area contributed by atoms with Crippen molar-refractivity contribution in [2.75, 3.05) is 23.4 Å². The van der Waals surface area contributed by atoms with E-state index in [4.69, 9.17) is 4.74 Å². The average Bonchev–Trinajstić information content (AvgIpc) is 2.77. The van der Waals surface area contributed by atoms with E-state index in [0.29, 0.717) is 25.5 Å². The minimum Gasteiger partial charge on any atom is -0.492 e. The van der Waals surface area contributed by atoms with E-state index < -0.39 is 0 Å². The summed E-state index contributed by atoms with van der Waals surface area (Å²) in [6, 6.07) is 16.4. The zero-order valence-electron chi connectivity index (χ0n) is 15.9. The van der Waals surface area contributed by atoms with Crippen LogP contribution in [0, 0.1) is 0 Å². The summed E-state index contributed by atoms with van der Waals surface area (Å²) in [4.78, 5) is 14.4. The van der Waals surface area contributed by atoms with Crippen LogP contribution in [0.15, 0.2) is 48.5 Å². The molecule has 26 heavy (non-hydrogen) atoms. The van der Waals surface area contributed by atoms with Gasteiger partial charge in [-0.3, -0.25) is 4.79 Å². The van der Waals surface area contributed by atoms with Crippen molar-refractivity contribution in [3.63, 3.8) is 0 Å². The number of carbonyl (C=O) groups is 1. The Morgan fingerprint density at radius 3 is 2.65 bits per heavy atom. The molecule has 4 heteroatoms. The SMILES string of the molecule is CC[C@H](C)c1ccc(OCCN2C(=O)C[C@H](C)Nc3ccccc32)cc1. The zero-order chi connectivity index (χ0) is 18.5. The molecule has 0 saturated carbocycles. The van der Waals surface area contributed by atoms with E-state index >= 15 is 0 Å². The topological polar surface area (TPSA) is 41.6 Å². The van der Waals surface area contributed by atoms with Crippen molar-refractivity contribution in [2.24, 2.45) is 0 Å². The van der Waals surface area contributed by atoms with Crippen molar-refractivity contribution in [1.29, 1.82) is 0 Å². The third-order valence-electron chi connectivity index (χ3n) is 5.02. The van der Waals surface area contributed by atoms with E-state index in [9.17, 15) is 4.79 Å². The lowest BCUT2D eigenvalue weighted by atomic mass is 9.99. The number of amides is 1. The Balaban J connectivity index is 1.64. The Bertz CT molecular complexity index is 742. The summed E-state index contributed by atoms with van der Waals surface area (Å²) in [5.74, 6) is 1.54. The first-order valence-corrected chi connectivity index (χ1v) is 9.47. The molecule has 1 amide bonds. The zero-order valence-corrected chi connectivity index (χ0v) is 15.9. The molecule has 0 aromatic heterocycles. The van der Waals surface area contributed by atoms with Crippen molar-refractivity contribution >= 4 is 17.3 Å². The van der Waals surface area contributed by atoms with Crippen molar-refractivity contribution in [1.82, 2.24) is 0 Å². The molecule has 3 rings (SSSR count). The number of benzene rings is 2. The average molecular weight is 352 g/mol. The number of rotatable bonds is 6. The van der Waals surface area contributed by atoms with E-state index in [1.165, 1.54) is 5.56 Å². The second-order valence-corrected chi connectivity index (χ2v) is 7.04. The molecular formula is C22H28N2O2. The van der Waals surface area contributed by atoms with Crippen LogP contribution in [-0.2, 0) is 4.79 Å². The molecule has 0 saturated heterocycles. The summed E-state index contributed by atoms with van der Waals surface area (Å²) in [5.41, 5.74) is 3.26. The lowest BCUT2D eigenvalue weighted by Gasteiger charge is -2.22. The Labute approximate surface area is 156 Å². The number of para-hydroxylation sites is 2. The van der Waals surface area contributed by atoms with Gasteiger partial charge >= 0.3 is 0 Å². The number of hydrogen-bond donors (Lipinski definition) is 1. The van der Waals surface area contributed by atoms with Crippen LogP contribution >= 0.6 is 0 Å². The van der Waals surface area contributed by atoms with Gasteiger partial charge in [-0.25, -0.2) is 0 Å². The van der Waals surface area contributed by atoms with Gasteiger partial charge in [0.05, 0.1) is 17.9 Å². The van der Waals surface area contributed by atoms with Crippen molar-refractivity contribution in [2.45, 2.75) is 45.6 Å². The number of anilines is 2. The van der Waals surface area contributed by atoms with Gasteiger partial charge in [-0.1, -0.05) is 38.1 Å². The van der Waals surface area contributed by atoms with E-state index in [-0.39, 0.29) is 11.9 Å². The first-order valence-electron chi connectivity index (χ1n) is 9.47. The van der Waals surface area contributed by atoms with Crippen molar-refractivity contribution < 1.29 is 9.53 Å². The number of nitrogens with zero attached hydrogens (tertiary/aromatic N) is 1. The van der Waals surface area contributed by atoms with E-state index in [1.807, 2.05) is 48.2 Å². The summed E-state index contributed by atoms with van der Waals surface area (Å²) in [6.45, 7) is 7.47. The highest BCUT2D eigenvalue weighted by atomic mass is 16.5. The number of carbonyl (C=O) groups excluding carboxylic acids is 1.